The number of rotatable bonds is 7. The number of benzene rings is 1. The summed E-state index contributed by atoms with van der Waals surface area (Å²) < 4.78 is 23.9. The predicted octanol–water partition coefficient (Wildman–Crippen LogP) is 6.35. The first kappa shape index (κ1) is 24.2. The van der Waals surface area contributed by atoms with E-state index in [2.05, 4.69) is 47.4 Å². The van der Waals surface area contributed by atoms with Crippen LogP contribution in [-0.2, 0) is 14.3 Å². The van der Waals surface area contributed by atoms with Crippen molar-refractivity contribution in [1.82, 2.24) is 0 Å². The van der Waals surface area contributed by atoms with E-state index in [0.29, 0.717) is 23.7 Å². The minimum absolute atomic E-state index is 0.0573. The van der Waals surface area contributed by atoms with Crippen LogP contribution in [0.1, 0.15) is 45.8 Å². The fourth-order valence-electron chi connectivity index (χ4n) is 4.18. The van der Waals surface area contributed by atoms with Gasteiger partial charge in [-0.2, -0.15) is 0 Å². The lowest BCUT2D eigenvalue weighted by Crippen LogP contribution is -2.43. The first-order chi connectivity index (χ1) is 14.9. The average molecular weight is 457 g/mol. The molecule has 0 saturated carbocycles. The molecule has 1 heterocycles. The molecule has 1 aromatic carbocycles. The molecule has 2 aliphatic rings. The zero-order valence-electron chi connectivity index (χ0n) is 20.6. The van der Waals surface area contributed by atoms with Gasteiger partial charge in [0, 0.05) is 12.0 Å². The predicted molar refractivity (Wildman–Crippen MR) is 129 cm³/mol. The number of hydrogen-bond acceptors (Lipinski definition) is 5. The van der Waals surface area contributed by atoms with Gasteiger partial charge < -0.3 is 18.6 Å². The highest BCUT2D eigenvalue weighted by molar-refractivity contribution is 6.74. The third kappa shape index (κ3) is 4.01. The lowest BCUT2D eigenvalue weighted by atomic mass is 9.69. The molecule has 3 atom stereocenters. The smallest absolute Gasteiger partial charge is 0.250 e. The molecule has 0 unspecified atom stereocenters. The van der Waals surface area contributed by atoms with Crippen molar-refractivity contribution in [3.63, 3.8) is 0 Å². The molecule has 0 radical (unpaired) electrons. The van der Waals surface area contributed by atoms with E-state index in [-0.39, 0.29) is 22.8 Å². The van der Waals surface area contributed by atoms with Crippen LogP contribution in [0.2, 0.25) is 18.1 Å². The van der Waals surface area contributed by atoms with Gasteiger partial charge in [-0.3, -0.25) is 4.79 Å². The fourth-order valence-corrected chi connectivity index (χ4v) is 5.21. The first-order valence-corrected chi connectivity index (χ1v) is 14.0. The summed E-state index contributed by atoms with van der Waals surface area (Å²) in [6.07, 6.45) is 5.75. The SMILES string of the molecule is C=CC[C@]12C=C(OC)C(=O)C=C1O[C@@H](c1ccc(O[Si](C)(C)C(C)(C)C)c(OC)c1)[C@@H]2C. The molecule has 0 spiro atoms. The van der Waals surface area contributed by atoms with Crippen LogP contribution in [-0.4, -0.2) is 28.3 Å². The number of ether oxygens (including phenoxy) is 3. The second-order valence-electron chi connectivity index (χ2n) is 10.2. The van der Waals surface area contributed by atoms with Crippen LogP contribution in [0.15, 0.2) is 54.5 Å². The van der Waals surface area contributed by atoms with E-state index in [4.69, 9.17) is 18.6 Å². The third-order valence-corrected chi connectivity index (χ3v) is 11.6. The molecule has 174 valence electrons. The van der Waals surface area contributed by atoms with Gasteiger partial charge in [-0.15, -0.1) is 6.58 Å². The number of ketones is 1. The molecular formula is C26H36O5Si. The van der Waals surface area contributed by atoms with Crippen LogP contribution < -0.4 is 9.16 Å². The molecule has 1 saturated heterocycles. The topological polar surface area (TPSA) is 54.0 Å². The molecule has 0 bridgehead atoms. The van der Waals surface area contributed by atoms with Crippen LogP contribution >= 0.6 is 0 Å². The minimum Gasteiger partial charge on any atom is -0.541 e. The molecule has 0 N–H and O–H groups in total. The van der Waals surface area contributed by atoms with Crippen molar-refractivity contribution < 1.29 is 23.4 Å². The van der Waals surface area contributed by atoms with Crippen LogP contribution in [0.5, 0.6) is 11.5 Å². The molecule has 6 heteroatoms. The van der Waals surface area contributed by atoms with Crippen LogP contribution in [0.3, 0.4) is 0 Å². The highest BCUT2D eigenvalue weighted by Gasteiger charge is 2.53. The molecular weight excluding hydrogens is 420 g/mol. The molecule has 1 aliphatic heterocycles. The Morgan fingerprint density at radius 1 is 1.19 bits per heavy atom. The van der Waals surface area contributed by atoms with Gasteiger partial charge in [0.25, 0.3) is 8.32 Å². The van der Waals surface area contributed by atoms with E-state index in [9.17, 15) is 4.79 Å². The minimum atomic E-state index is -2.01. The van der Waals surface area contributed by atoms with E-state index in [0.717, 1.165) is 11.3 Å². The molecule has 1 aliphatic carbocycles. The number of carbonyl (C=O) groups excluding carboxylic acids is 1. The van der Waals surface area contributed by atoms with E-state index < -0.39 is 13.7 Å². The molecule has 1 fully saturated rings. The monoisotopic (exact) mass is 456 g/mol. The maximum absolute atomic E-state index is 12.4. The lowest BCUT2D eigenvalue weighted by Gasteiger charge is -2.37. The highest BCUT2D eigenvalue weighted by Crippen LogP contribution is 2.58. The Morgan fingerprint density at radius 2 is 1.88 bits per heavy atom. The summed E-state index contributed by atoms with van der Waals surface area (Å²) in [5, 5.41) is 0.0803. The van der Waals surface area contributed by atoms with Crippen LogP contribution in [0.25, 0.3) is 0 Å². The van der Waals surface area contributed by atoms with Crippen molar-refractivity contribution in [3.8, 4) is 11.5 Å². The van der Waals surface area contributed by atoms with Gasteiger partial charge in [-0.25, -0.2) is 0 Å². The van der Waals surface area contributed by atoms with Crippen molar-refractivity contribution in [2.45, 2.75) is 58.4 Å². The maximum Gasteiger partial charge on any atom is 0.250 e. The van der Waals surface area contributed by atoms with Crippen molar-refractivity contribution >= 4 is 14.1 Å². The summed E-state index contributed by atoms with van der Waals surface area (Å²) in [7, 11) is 1.17. The number of carbonyl (C=O) groups is 1. The van der Waals surface area contributed by atoms with Crippen molar-refractivity contribution in [1.29, 1.82) is 0 Å². The molecule has 1 aromatic rings. The Morgan fingerprint density at radius 3 is 2.44 bits per heavy atom. The third-order valence-electron chi connectivity index (χ3n) is 7.26. The quantitative estimate of drug-likeness (QED) is 0.354. The van der Waals surface area contributed by atoms with E-state index >= 15 is 0 Å². The molecule has 3 rings (SSSR count). The Balaban J connectivity index is 1.99. The second kappa shape index (κ2) is 8.47. The largest absolute Gasteiger partial charge is 0.541 e. The summed E-state index contributed by atoms with van der Waals surface area (Å²) in [6.45, 7) is 17.2. The van der Waals surface area contributed by atoms with Gasteiger partial charge in [-0.1, -0.05) is 39.8 Å². The molecule has 5 nitrogen and oxygen atoms in total. The number of methoxy groups -OCH3 is 2. The fraction of sp³-hybridized carbons (Fsp3) is 0.500. The maximum atomic E-state index is 12.4. The second-order valence-corrected chi connectivity index (χ2v) is 14.9. The van der Waals surface area contributed by atoms with Crippen molar-refractivity contribution in [3.05, 3.63) is 60.1 Å². The van der Waals surface area contributed by atoms with E-state index in [1.807, 2.05) is 30.4 Å². The molecule has 32 heavy (non-hydrogen) atoms. The van der Waals surface area contributed by atoms with Gasteiger partial charge in [0.05, 0.1) is 19.6 Å². The van der Waals surface area contributed by atoms with Crippen LogP contribution in [0.4, 0.5) is 0 Å². The Bertz CT molecular complexity index is 969. The summed E-state index contributed by atoms with van der Waals surface area (Å²) in [6, 6.07) is 6.00. The van der Waals surface area contributed by atoms with Gasteiger partial charge in [0.15, 0.2) is 11.5 Å². The zero-order chi connectivity index (χ0) is 23.9. The first-order valence-electron chi connectivity index (χ1n) is 11.1. The standard InChI is InChI=1S/C26H36O5Si/c1-10-13-26-16-22(29-7)19(27)15-23(26)30-24(17(26)2)18-11-12-20(21(14-18)28-6)31-32(8,9)25(3,4)5/h10-12,14-17,24H,1,13H2,2-9H3/t17-,24+,26+/m0/s1. The van der Waals surface area contributed by atoms with E-state index in [1.165, 1.54) is 7.11 Å². The van der Waals surface area contributed by atoms with Gasteiger partial charge >= 0.3 is 0 Å². The van der Waals surface area contributed by atoms with Crippen molar-refractivity contribution in [2.24, 2.45) is 11.3 Å². The van der Waals surface area contributed by atoms with Crippen molar-refractivity contribution in [2.75, 3.05) is 14.2 Å². The average Bonchev–Trinajstić information content (AvgIpc) is 2.98. The Labute approximate surface area is 193 Å². The van der Waals surface area contributed by atoms with Gasteiger partial charge in [0.1, 0.15) is 17.6 Å². The van der Waals surface area contributed by atoms with E-state index in [1.54, 1.807) is 13.2 Å². The molecule has 0 amide bonds. The normalized spacial score (nSPS) is 25.3. The summed E-state index contributed by atoms with van der Waals surface area (Å²) in [5.41, 5.74) is 0.519. The molecule has 0 aromatic heterocycles. The van der Waals surface area contributed by atoms with Gasteiger partial charge in [0.2, 0.25) is 5.78 Å². The lowest BCUT2D eigenvalue weighted by molar-refractivity contribution is -0.114. The summed E-state index contributed by atoms with van der Waals surface area (Å²) >= 11 is 0. The van der Waals surface area contributed by atoms with Crippen LogP contribution in [0, 0.1) is 11.3 Å². The summed E-state index contributed by atoms with van der Waals surface area (Å²) in [5.74, 6) is 2.34. The number of fused-ring (bicyclic) bond motifs is 1. The van der Waals surface area contributed by atoms with Gasteiger partial charge in [-0.05, 0) is 48.3 Å². The summed E-state index contributed by atoms with van der Waals surface area (Å²) in [4.78, 5) is 12.4. The highest BCUT2D eigenvalue weighted by atomic mass is 28.4. The Kier molecular flexibility index (Phi) is 6.40. The Hall–Kier alpha value is -2.47. The zero-order valence-corrected chi connectivity index (χ0v) is 21.6. The number of hydrogen-bond donors (Lipinski definition) is 0. The number of allylic oxidation sites excluding steroid dienone is 3.